The van der Waals surface area contributed by atoms with Gasteiger partial charge in [0.2, 0.25) is 5.95 Å². The van der Waals surface area contributed by atoms with E-state index in [-0.39, 0.29) is 29.2 Å². The third-order valence-electron chi connectivity index (χ3n) is 5.50. The fraction of sp³-hybridized carbons (Fsp3) is 0.348. The number of nitrogens with zero attached hydrogens (tertiary/aromatic N) is 5. The minimum atomic E-state index is -0.785. The summed E-state index contributed by atoms with van der Waals surface area (Å²) in [5.74, 6) is 0.0860. The van der Waals surface area contributed by atoms with Gasteiger partial charge in [0.25, 0.3) is 0 Å². The van der Waals surface area contributed by atoms with Crippen LogP contribution in [0.2, 0.25) is 0 Å². The lowest BCUT2D eigenvalue weighted by Crippen LogP contribution is -2.44. The molecule has 3 heterocycles. The van der Waals surface area contributed by atoms with E-state index in [9.17, 15) is 8.78 Å². The van der Waals surface area contributed by atoms with Crippen LogP contribution in [0.1, 0.15) is 11.1 Å². The van der Waals surface area contributed by atoms with Crippen molar-refractivity contribution in [1.29, 1.82) is 0 Å². The Morgan fingerprint density at radius 2 is 1.73 bits per heavy atom. The van der Waals surface area contributed by atoms with Crippen LogP contribution >= 0.6 is 0 Å². The summed E-state index contributed by atoms with van der Waals surface area (Å²) >= 11 is 0. The Bertz CT molecular complexity index is 1090. The van der Waals surface area contributed by atoms with Gasteiger partial charge in [-0.2, -0.15) is 0 Å². The SMILES string of the molecule is COc1cc(C)c(F)c(COc2cnc(Nc3ccc(N4CCN(C)CC4)nc3)nc2)c1F. The van der Waals surface area contributed by atoms with Gasteiger partial charge in [-0.05, 0) is 37.7 Å². The average Bonchev–Trinajstić information content (AvgIpc) is 2.83. The summed E-state index contributed by atoms with van der Waals surface area (Å²) in [4.78, 5) is 17.5. The van der Waals surface area contributed by atoms with Crippen molar-refractivity contribution in [2.75, 3.05) is 50.6 Å². The predicted molar refractivity (Wildman–Crippen MR) is 121 cm³/mol. The van der Waals surface area contributed by atoms with Crippen molar-refractivity contribution in [1.82, 2.24) is 19.9 Å². The highest BCUT2D eigenvalue weighted by atomic mass is 19.1. The Labute approximate surface area is 191 Å². The first kappa shape index (κ1) is 22.7. The van der Waals surface area contributed by atoms with Gasteiger partial charge in [-0.3, -0.25) is 0 Å². The van der Waals surface area contributed by atoms with Crippen LogP contribution in [0, 0.1) is 18.6 Å². The first-order valence-electron chi connectivity index (χ1n) is 10.6. The highest BCUT2D eigenvalue weighted by Gasteiger charge is 2.18. The van der Waals surface area contributed by atoms with E-state index in [1.165, 1.54) is 32.5 Å². The van der Waals surface area contributed by atoms with Crippen molar-refractivity contribution < 1.29 is 18.3 Å². The smallest absolute Gasteiger partial charge is 0.227 e. The fourth-order valence-corrected chi connectivity index (χ4v) is 3.50. The molecule has 174 valence electrons. The third kappa shape index (κ3) is 5.28. The van der Waals surface area contributed by atoms with Crippen molar-refractivity contribution in [3.63, 3.8) is 0 Å². The van der Waals surface area contributed by atoms with Crippen LogP contribution in [0.25, 0.3) is 0 Å². The van der Waals surface area contributed by atoms with Crippen molar-refractivity contribution >= 4 is 17.5 Å². The molecule has 4 rings (SSSR count). The van der Waals surface area contributed by atoms with Gasteiger partial charge in [0, 0.05) is 26.2 Å². The zero-order chi connectivity index (χ0) is 23.4. The number of rotatable bonds is 7. The summed E-state index contributed by atoms with van der Waals surface area (Å²) in [6.07, 6.45) is 4.60. The molecule has 8 nitrogen and oxygen atoms in total. The molecule has 1 saturated heterocycles. The fourth-order valence-electron chi connectivity index (χ4n) is 3.50. The van der Waals surface area contributed by atoms with Crippen molar-refractivity contribution in [2.24, 2.45) is 0 Å². The number of aromatic nitrogens is 3. The molecule has 1 aromatic carbocycles. The summed E-state index contributed by atoms with van der Waals surface area (Å²) in [6, 6.07) is 5.19. The Morgan fingerprint density at radius 1 is 1.00 bits per heavy atom. The highest BCUT2D eigenvalue weighted by Crippen LogP contribution is 2.27. The van der Waals surface area contributed by atoms with E-state index in [1.54, 1.807) is 6.20 Å². The molecule has 10 heteroatoms. The van der Waals surface area contributed by atoms with Gasteiger partial charge in [0.15, 0.2) is 17.3 Å². The summed E-state index contributed by atoms with van der Waals surface area (Å²) in [7, 11) is 3.44. The van der Waals surface area contributed by atoms with Crippen LogP contribution < -0.4 is 19.7 Å². The van der Waals surface area contributed by atoms with Crippen molar-refractivity contribution in [3.8, 4) is 11.5 Å². The van der Waals surface area contributed by atoms with E-state index in [0.717, 1.165) is 37.7 Å². The summed E-state index contributed by atoms with van der Waals surface area (Å²) in [5.41, 5.74) is 0.813. The molecule has 0 radical (unpaired) electrons. The lowest BCUT2D eigenvalue weighted by atomic mass is 10.1. The van der Waals surface area contributed by atoms with E-state index in [1.807, 2.05) is 12.1 Å². The van der Waals surface area contributed by atoms with Crippen LogP contribution in [-0.4, -0.2) is 60.2 Å². The number of hydrogen-bond acceptors (Lipinski definition) is 8. The van der Waals surface area contributed by atoms with Gasteiger partial charge in [0.1, 0.15) is 18.2 Å². The average molecular weight is 456 g/mol. The number of hydrogen-bond donors (Lipinski definition) is 1. The first-order chi connectivity index (χ1) is 15.9. The van der Waals surface area contributed by atoms with Gasteiger partial charge in [-0.15, -0.1) is 0 Å². The molecule has 1 aliphatic heterocycles. The summed E-state index contributed by atoms with van der Waals surface area (Å²) in [6.45, 7) is 5.15. The molecule has 0 saturated carbocycles. The van der Waals surface area contributed by atoms with Crippen LogP contribution in [0.15, 0.2) is 36.8 Å². The molecule has 3 aromatic rings. The first-order valence-corrected chi connectivity index (χ1v) is 10.6. The monoisotopic (exact) mass is 456 g/mol. The highest BCUT2D eigenvalue weighted by molar-refractivity contribution is 5.55. The summed E-state index contributed by atoms with van der Waals surface area (Å²) < 4.78 is 39.2. The number of piperazine rings is 1. The maximum atomic E-state index is 14.4. The number of benzene rings is 1. The second kappa shape index (κ2) is 9.95. The van der Waals surface area contributed by atoms with Gasteiger partial charge < -0.3 is 24.6 Å². The largest absolute Gasteiger partial charge is 0.494 e. The van der Waals surface area contributed by atoms with Gasteiger partial charge in [-0.25, -0.2) is 23.7 Å². The zero-order valence-electron chi connectivity index (χ0n) is 18.8. The normalized spacial score (nSPS) is 14.3. The molecule has 0 amide bonds. The molecule has 2 aromatic heterocycles. The van der Waals surface area contributed by atoms with Crippen LogP contribution in [-0.2, 0) is 6.61 Å². The van der Waals surface area contributed by atoms with Gasteiger partial charge >= 0.3 is 0 Å². The number of likely N-dealkylation sites (N-methyl/N-ethyl adjacent to an activating group) is 1. The lowest BCUT2D eigenvalue weighted by molar-refractivity contribution is 0.285. The van der Waals surface area contributed by atoms with Crippen LogP contribution in [0.3, 0.4) is 0 Å². The van der Waals surface area contributed by atoms with Gasteiger partial charge in [-0.1, -0.05) is 0 Å². The molecular weight excluding hydrogens is 430 g/mol. The Hall–Kier alpha value is -3.53. The van der Waals surface area contributed by atoms with Crippen LogP contribution in [0.5, 0.6) is 11.5 Å². The van der Waals surface area contributed by atoms with E-state index >= 15 is 0 Å². The number of ether oxygens (including phenoxy) is 2. The van der Waals surface area contributed by atoms with E-state index < -0.39 is 11.6 Å². The Morgan fingerprint density at radius 3 is 2.36 bits per heavy atom. The second-order valence-corrected chi connectivity index (χ2v) is 7.85. The number of anilines is 3. The van der Waals surface area contributed by atoms with Crippen molar-refractivity contribution in [2.45, 2.75) is 13.5 Å². The molecule has 1 N–H and O–H groups in total. The molecule has 0 aliphatic carbocycles. The molecule has 1 fully saturated rings. The Balaban J connectivity index is 1.36. The Kier molecular flexibility index (Phi) is 6.83. The third-order valence-corrected chi connectivity index (χ3v) is 5.50. The molecule has 1 aliphatic rings. The number of aryl methyl sites for hydroxylation is 1. The minimum absolute atomic E-state index is 0.0319. The number of methoxy groups -OCH3 is 1. The van der Waals surface area contributed by atoms with E-state index in [2.05, 4.69) is 37.1 Å². The maximum Gasteiger partial charge on any atom is 0.227 e. The quantitative estimate of drug-likeness (QED) is 0.579. The zero-order valence-corrected chi connectivity index (χ0v) is 18.8. The van der Waals surface area contributed by atoms with E-state index in [4.69, 9.17) is 9.47 Å². The number of pyridine rings is 1. The van der Waals surface area contributed by atoms with Crippen molar-refractivity contribution in [3.05, 3.63) is 59.6 Å². The molecule has 33 heavy (non-hydrogen) atoms. The topological polar surface area (TPSA) is 75.6 Å². The molecular formula is C23H26F2N6O2. The lowest BCUT2D eigenvalue weighted by Gasteiger charge is -2.33. The molecule has 0 unspecified atom stereocenters. The second-order valence-electron chi connectivity index (χ2n) is 7.85. The minimum Gasteiger partial charge on any atom is -0.494 e. The molecule has 0 bridgehead atoms. The standard InChI is InChI=1S/C23H26F2N6O2/c1-15-10-19(32-3)22(25)18(21(15)24)14-33-17-12-27-23(28-13-17)29-16-4-5-20(26-11-16)31-8-6-30(2)7-9-31/h4-5,10-13H,6-9,14H2,1-3H3,(H,27,28,29). The number of halogens is 2. The van der Waals surface area contributed by atoms with Crippen LogP contribution in [0.4, 0.5) is 26.2 Å². The molecule has 0 spiro atoms. The predicted octanol–water partition coefficient (Wildman–Crippen LogP) is 3.54. The van der Waals surface area contributed by atoms with E-state index in [0.29, 0.717) is 5.95 Å². The molecule has 0 atom stereocenters. The number of nitrogens with one attached hydrogen (secondary N) is 1. The van der Waals surface area contributed by atoms with Gasteiger partial charge in [0.05, 0.1) is 37.0 Å². The summed E-state index contributed by atoms with van der Waals surface area (Å²) in [5, 5.41) is 3.08. The maximum absolute atomic E-state index is 14.4.